The van der Waals surface area contributed by atoms with Gasteiger partial charge in [-0.3, -0.25) is 0 Å². The van der Waals surface area contributed by atoms with Crippen LogP contribution >= 0.6 is 0 Å². The van der Waals surface area contributed by atoms with Gasteiger partial charge in [0.05, 0.1) is 0 Å². The van der Waals surface area contributed by atoms with Crippen molar-refractivity contribution in [2.75, 3.05) is 31.1 Å². The molecule has 22 heavy (non-hydrogen) atoms. The number of aryl methyl sites for hydroxylation is 2. The van der Waals surface area contributed by atoms with E-state index in [9.17, 15) is 0 Å². The number of piperidine rings is 2. The third kappa shape index (κ3) is 4.25. The van der Waals surface area contributed by atoms with E-state index in [1.165, 1.54) is 75.1 Å². The van der Waals surface area contributed by atoms with Crippen LogP contribution in [0.25, 0.3) is 0 Å². The van der Waals surface area contributed by atoms with Crippen LogP contribution in [-0.4, -0.2) is 37.1 Å². The number of rotatable bonds is 2. The molecule has 2 aliphatic rings. The van der Waals surface area contributed by atoms with E-state index in [0.29, 0.717) is 0 Å². The van der Waals surface area contributed by atoms with E-state index >= 15 is 0 Å². The van der Waals surface area contributed by atoms with Crippen molar-refractivity contribution in [3.05, 3.63) is 29.3 Å². The summed E-state index contributed by atoms with van der Waals surface area (Å²) < 4.78 is 0. The van der Waals surface area contributed by atoms with Gasteiger partial charge in [-0.2, -0.15) is 0 Å². The molecule has 2 saturated heterocycles. The van der Waals surface area contributed by atoms with Crippen LogP contribution in [0, 0.1) is 13.8 Å². The summed E-state index contributed by atoms with van der Waals surface area (Å²) in [5, 5.41) is 0. The molecule has 0 N–H and O–H groups in total. The maximum atomic E-state index is 2.75. The summed E-state index contributed by atoms with van der Waals surface area (Å²) in [7, 11) is 0. The largest absolute Gasteiger partial charge is 0.371 e. The Kier molecular flexibility index (Phi) is 6.75. The first-order valence-corrected chi connectivity index (χ1v) is 9.30. The third-order valence-corrected chi connectivity index (χ3v) is 5.06. The number of anilines is 1. The van der Waals surface area contributed by atoms with Gasteiger partial charge in [0, 0.05) is 24.8 Å². The van der Waals surface area contributed by atoms with Crippen LogP contribution in [0.1, 0.15) is 57.1 Å². The molecule has 2 aliphatic heterocycles. The van der Waals surface area contributed by atoms with Crippen LogP contribution in [0.2, 0.25) is 0 Å². The SMILES string of the molecule is CC.Cc1ccc(N2CCC(N3CCCCC3)CC2)c(C)c1. The molecule has 1 aromatic carbocycles. The Balaban J connectivity index is 0.000000847. The molecule has 2 fully saturated rings. The van der Waals surface area contributed by atoms with E-state index < -0.39 is 0 Å². The Bertz CT molecular complexity index is 441. The second-order valence-corrected chi connectivity index (χ2v) is 6.60. The number of hydrogen-bond acceptors (Lipinski definition) is 2. The number of likely N-dealkylation sites (tertiary alicyclic amines) is 1. The van der Waals surface area contributed by atoms with Crippen LogP contribution in [-0.2, 0) is 0 Å². The highest BCUT2D eigenvalue weighted by Gasteiger charge is 2.25. The third-order valence-electron chi connectivity index (χ3n) is 5.06. The molecule has 0 aliphatic carbocycles. The Morgan fingerprint density at radius 2 is 1.50 bits per heavy atom. The molecule has 2 heteroatoms. The lowest BCUT2D eigenvalue weighted by atomic mass is 9.98. The van der Waals surface area contributed by atoms with Crippen LogP contribution in [0.5, 0.6) is 0 Å². The molecule has 0 radical (unpaired) electrons. The number of nitrogens with zero attached hydrogens (tertiary/aromatic N) is 2. The Hall–Kier alpha value is -1.02. The summed E-state index contributed by atoms with van der Waals surface area (Å²) in [6, 6.07) is 7.72. The molecule has 0 spiro atoms. The van der Waals surface area contributed by atoms with Gasteiger partial charge in [0.1, 0.15) is 0 Å². The predicted octanol–water partition coefficient (Wildman–Crippen LogP) is 4.78. The van der Waals surface area contributed by atoms with Crippen LogP contribution in [0.4, 0.5) is 5.69 Å². The minimum absolute atomic E-state index is 0.845. The van der Waals surface area contributed by atoms with E-state index in [4.69, 9.17) is 0 Å². The minimum Gasteiger partial charge on any atom is -0.371 e. The molecule has 1 aromatic rings. The normalized spacial score (nSPS) is 20.5. The molecule has 3 rings (SSSR count). The van der Waals surface area contributed by atoms with Crippen LogP contribution in [0.3, 0.4) is 0 Å². The summed E-state index contributed by atoms with van der Waals surface area (Å²) in [6.07, 6.45) is 6.95. The predicted molar refractivity (Wildman–Crippen MR) is 97.9 cm³/mol. The first kappa shape index (κ1) is 17.3. The van der Waals surface area contributed by atoms with Gasteiger partial charge in [-0.05, 0) is 64.3 Å². The lowest BCUT2D eigenvalue weighted by molar-refractivity contribution is 0.141. The van der Waals surface area contributed by atoms with Crippen molar-refractivity contribution in [3.8, 4) is 0 Å². The summed E-state index contributed by atoms with van der Waals surface area (Å²) in [4.78, 5) is 5.35. The summed E-state index contributed by atoms with van der Waals surface area (Å²) in [5.41, 5.74) is 4.25. The first-order chi connectivity index (χ1) is 10.7. The van der Waals surface area contributed by atoms with Gasteiger partial charge in [0.25, 0.3) is 0 Å². The van der Waals surface area contributed by atoms with E-state index in [1.807, 2.05) is 13.8 Å². The summed E-state index contributed by atoms with van der Waals surface area (Å²) >= 11 is 0. The lowest BCUT2D eigenvalue weighted by Crippen LogP contribution is -2.46. The van der Waals surface area contributed by atoms with Gasteiger partial charge >= 0.3 is 0 Å². The zero-order chi connectivity index (χ0) is 15.9. The van der Waals surface area contributed by atoms with Gasteiger partial charge in [0.15, 0.2) is 0 Å². The maximum Gasteiger partial charge on any atom is 0.0396 e. The molecule has 0 atom stereocenters. The van der Waals surface area contributed by atoms with Gasteiger partial charge in [0.2, 0.25) is 0 Å². The maximum absolute atomic E-state index is 2.75. The highest BCUT2D eigenvalue weighted by Crippen LogP contribution is 2.27. The second kappa shape index (κ2) is 8.57. The zero-order valence-electron chi connectivity index (χ0n) is 15.1. The molecule has 0 unspecified atom stereocenters. The second-order valence-electron chi connectivity index (χ2n) is 6.60. The fourth-order valence-corrected chi connectivity index (χ4v) is 3.92. The molecule has 124 valence electrons. The molecule has 0 bridgehead atoms. The smallest absolute Gasteiger partial charge is 0.0396 e. The summed E-state index contributed by atoms with van der Waals surface area (Å²) in [6.45, 7) is 13.6. The molecule has 0 saturated carbocycles. The molecule has 2 nitrogen and oxygen atoms in total. The van der Waals surface area contributed by atoms with Crippen LogP contribution < -0.4 is 4.90 Å². The molecular weight excluding hydrogens is 268 g/mol. The molecule has 2 heterocycles. The Labute approximate surface area is 137 Å². The van der Waals surface area contributed by atoms with Crippen LogP contribution in [0.15, 0.2) is 18.2 Å². The van der Waals surface area contributed by atoms with Crippen molar-refractivity contribution in [2.24, 2.45) is 0 Å². The highest BCUT2D eigenvalue weighted by molar-refractivity contribution is 5.54. The molecule has 0 amide bonds. The number of hydrogen-bond donors (Lipinski definition) is 0. The van der Waals surface area contributed by atoms with Gasteiger partial charge in [-0.25, -0.2) is 0 Å². The average Bonchev–Trinajstić information content (AvgIpc) is 2.58. The topological polar surface area (TPSA) is 6.48 Å². The van der Waals surface area contributed by atoms with Crippen molar-refractivity contribution in [1.82, 2.24) is 4.90 Å². The summed E-state index contributed by atoms with van der Waals surface area (Å²) in [5.74, 6) is 0. The Morgan fingerprint density at radius 3 is 2.09 bits per heavy atom. The molecule has 0 aromatic heterocycles. The standard InChI is InChI=1S/C18H28N2.C2H6/c1-15-6-7-18(16(2)14-15)20-12-8-17(9-13-20)19-10-4-3-5-11-19;1-2/h6-7,14,17H,3-5,8-13H2,1-2H3;1-2H3. The first-order valence-electron chi connectivity index (χ1n) is 9.30. The van der Waals surface area contributed by atoms with E-state index in [2.05, 4.69) is 41.8 Å². The van der Waals surface area contributed by atoms with Gasteiger partial charge < -0.3 is 9.80 Å². The average molecular weight is 303 g/mol. The fraction of sp³-hybridized carbons (Fsp3) is 0.700. The van der Waals surface area contributed by atoms with E-state index in [1.54, 1.807) is 0 Å². The van der Waals surface area contributed by atoms with Crippen molar-refractivity contribution in [3.63, 3.8) is 0 Å². The van der Waals surface area contributed by atoms with Crippen molar-refractivity contribution >= 4 is 5.69 Å². The molecular formula is C20H34N2. The van der Waals surface area contributed by atoms with Gasteiger partial charge in [-0.1, -0.05) is 38.0 Å². The monoisotopic (exact) mass is 302 g/mol. The number of benzene rings is 1. The fourth-order valence-electron chi connectivity index (χ4n) is 3.92. The van der Waals surface area contributed by atoms with E-state index in [-0.39, 0.29) is 0 Å². The van der Waals surface area contributed by atoms with E-state index in [0.717, 1.165) is 6.04 Å². The van der Waals surface area contributed by atoms with Crippen molar-refractivity contribution in [1.29, 1.82) is 0 Å². The zero-order valence-corrected chi connectivity index (χ0v) is 15.1. The lowest BCUT2D eigenvalue weighted by Gasteiger charge is -2.41. The quantitative estimate of drug-likeness (QED) is 0.775. The minimum atomic E-state index is 0.845. The van der Waals surface area contributed by atoms with Crippen molar-refractivity contribution in [2.45, 2.75) is 65.8 Å². The Morgan fingerprint density at radius 1 is 0.864 bits per heavy atom. The van der Waals surface area contributed by atoms with Gasteiger partial charge in [-0.15, -0.1) is 0 Å². The highest BCUT2D eigenvalue weighted by atomic mass is 15.2. The van der Waals surface area contributed by atoms with Crippen molar-refractivity contribution < 1.29 is 0 Å².